The molecule has 0 aromatic heterocycles. The summed E-state index contributed by atoms with van der Waals surface area (Å²) in [6, 6.07) is 6.09. The summed E-state index contributed by atoms with van der Waals surface area (Å²) in [6.07, 6.45) is -12.3. The Balaban J connectivity index is 1.41. The van der Waals surface area contributed by atoms with Gasteiger partial charge in [-0.15, -0.1) is 0 Å². The molecule has 3 aliphatic heterocycles. The molecule has 0 saturated carbocycles. The van der Waals surface area contributed by atoms with Crippen LogP contribution in [0.5, 0.6) is 0 Å². The maximum Gasteiger partial charge on any atom is 0.434 e. The molecule has 3 heterocycles. The quantitative estimate of drug-likeness (QED) is 0.473. The van der Waals surface area contributed by atoms with Crippen LogP contribution in [0, 0.1) is 6.92 Å². The fourth-order valence-corrected chi connectivity index (χ4v) is 7.10. The highest BCUT2D eigenvalue weighted by Crippen LogP contribution is 2.41. The number of piperidine rings is 2. The van der Waals surface area contributed by atoms with Gasteiger partial charge in [0.15, 0.2) is 0 Å². The van der Waals surface area contributed by atoms with E-state index in [2.05, 4.69) is 31.4 Å². The predicted molar refractivity (Wildman–Crippen MR) is 140 cm³/mol. The first-order chi connectivity index (χ1) is 19.0. The smallest absolute Gasteiger partial charge is 0.426 e. The molecule has 0 aliphatic carbocycles. The van der Waals surface area contributed by atoms with Crippen LogP contribution in [0.1, 0.15) is 49.7 Å². The molecule has 0 atom stereocenters. The molecule has 1 N–H and O–H groups in total. The standard InChI is InChI=1S/C26H36F6N4O4S/c1-18-4-5-19(21(16-18)34-12-6-20(7-13-34)33-41(2,38)39)17-36-11-3-8-24(36)9-14-35(15-10-24)23(37)40-22(25(27,28)29)26(30,31)32/h4-5,16,20,22,33H,3,6-15,17H2,1-2H3. The summed E-state index contributed by atoms with van der Waals surface area (Å²) in [7, 11) is -3.29. The van der Waals surface area contributed by atoms with Gasteiger partial charge in [0.1, 0.15) is 0 Å². The van der Waals surface area contributed by atoms with Gasteiger partial charge in [0.05, 0.1) is 6.26 Å². The van der Waals surface area contributed by atoms with Crippen molar-refractivity contribution in [2.75, 3.05) is 43.9 Å². The number of carbonyl (C=O) groups excluding carboxylic acids is 1. The van der Waals surface area contributed by atoms with Crippen LogP contribution in [0.3, 0.4) is 0 Å². The number of amides is 1. The third-order valence-corrected chi connectivity index (χ3v) is 9.09. The van der Waals surface area contributed by atoms with Gasteiger partial charge in [0.25, 0.3) is 6.10 Å². The van der Waals surface area contributed by atoms with Crippen molar-refractivity contribution in [3.8, 4) is 0 Å². The first kappa shape index (κ1) is 31.7. The van der Waals surface area contributed by atoms with E-state index in [1.165, 1.54) is 0 Å². The maximum absolute atomic E-state index is 12.9. The Hall–Kier alpha value is -2.26. The molecule has 41 heavy (non-hydrogen) atoms. The van der Waals surface area contributed by atoms with Crippen LogP contribution in [-0.4, -0.2) is 93.3 Å². The highest BCUT2D eigenvalue weighted by atomic mass is 32.2. The van der Waals surface area contributed by atoms with E-state index in [4.69, 9.17) is 0 Å². The molecule has 3 fully saturated rings. The lowest BCUT2D eigenvalue weighted by molar-refractivity contribution is -0.308. The van der Waals surface area contributed by atoms with E-state index in [1.54, 1.807) is 0 Å². The molecular formula is C26H36F6N4O4S. The summed E-state index contributed by atoms with van der Waals surface area (Å²) < 4.78 is 107. The molecular weight excluding hydrogens is 578 g/mol. The number of halogens is 6. The normalized spacial score (nSPS) is 21.2. The number of likely N-dealkylation sites (tertiary alicyclic amines) is 2. The molecule has 1 aromatic rings. The third kappa shape index (κ3) is 7.78. The zero-order valence-corrected chi connectivity index (χ0v) is 23.8. The number of nitrogens with one attached hydrogen (secondary N) is 1. The van der Waals surface area contributed by atoms with Crippen LogP contribution in [0.25, 0.3) is 0 Å². The van der Waals surface area contributed by atoms with Gasteiger partial charge in [0, 0.05) is 50.0 Å². The molecule has 0 bridgehead atoms. The minimum Gasteiger partial charge on any atom is -0.426 e. The van der Waals surface area contributed by atoms with E-state index in [-0.39, 0.29) is 24.7 Å². The van der Waals surface area contributed by atoms with Crippen molar-refractivity contribution in [1.82, 2.24) is 14.5 Å². The second-order valence-electron chi connectivity index (χ2n) is 11.4. The Morgan fingerprint density at radius 3 is 2.20 bits per heavy atom. The monoisotopic (exact) mass is 614 g/mol. The van der Waals surface area contributed by atoms with Crippen molar-refractivity contribution in [3.63, 3.8) is 0 Å². The Bertz CT molecular complexity index is 1180. The van der Waals surface area contributed by atoms with Gasteiger partial charge in [-0.25, -0.2) is 17.9 Å². The molecule has 1 amide bonds. The largest absolute Gasteiger partial charge is 0.434 e. The van der Waals surface area contributed by atoms with Gasteiger partial charge in [-0.3, -0.25) is 4.90 Å². The number of sulfonamides is 1. The predicted octanol–water partition coefficient (Wildman–Crippen LogP) is 4.57. The van der Waals surface area contributed by atoms with Gasteiger partial charge in [-0.2, -0.15) is 26.3 Å². The topological polar surface area (TPSA) is 82.2 Å². The van der Waals surface area contributed by atoms with E-state index >= 15 is 0 Å². The molecule has 3 saturated heterocycles. The Morgan fingerprint density at radius 2 is 1.63 bits per heavy atom. The van der Waals surface area contributed by atoms with Crippen molar-refractivity contribution in [2.45, 2.75) is 82.0 Å². The molecule has 4 rings (SSSR count). The second-order valence-corrected chi connectivity index (χ2v) is 13.1. The van der Waals surface area contributed by atoms with Gasteiger partial charge in [0.2, 0.25) is 10.0 Å². The lowest BCUT2D eigenvalue weighted by Crippen LogP contribution is -2.54. The zero-order valence-electron chi connectivity index (χ0n) is 23.0. The summed E-state index contributed by atoms with van der Waals surface area (Å²) in [6.45, 7) is 4.75. The van der Waals surface area contributed by atoms with Crippen molar-refractivity contribution in [2.24, 2.45) is 0 Å². The van der Waals surface area contributed by atoms with Crippen LogP contribution < -0.4 is 9.62 Å². The SMILES string of the molecule is Cc1ccc(CN2CCCC23CCN(C(=O)OC(C(F)(F)F)C(F)(F)F)CC3)c(N2CCC(NS(C)(=O)=O)CC2)c1. The molecule has 1 spiro atoms. The van der Waals surface area contributed by atoms with E-state index in [9.17, 15) is 39.6 Å². The number of ether oxygens (including phenoxy) is 1. The second kappa shape index (κ2) is 11.8. The molecule has 0 radical (unpaired) electrons. The van der Waals surface area contributed by atoms with E-state index in [0.29, 0.717) is 45.3 Å². The number of hydrogen-bond acceptors (Lipinski definition) is 6. The highest BCUT2D eigenvalue weighted by Gasteiger charge is 2.60. The average Bonchev–Trinajstić information content (AvgIpc) is 3.23. The van der Waals surface area contributed by atoms with Gasteiger partial charge in [-0.05, 0) is 69.2 Å². The molecule has 0 unspecified atom stereocenters. The summed E-state index contributed by atoms with van der Waals surface area (Å²) in [5.74, 6) is 0. The van der Waals surface area contributed by atoms with Crippen LogP contribution in [0.2, 0.25) is 0 Å². The Labute approximate surface area is 236 Å². The lowest BCUT2D eigenvalue weighted by atomic mass is 9.84. The number of nitrogens with zero attached hydrogens (tertiary/aromatic N) is 3. The number of rotatable bonds is 6. The summed E-state index contributed by atoms with van der Waals surface area (Å²) in [5.41, 5.74) is 2.92. The first-order valence-corrected chi connectivity index (χ1v) is 15.5. The van der Waals surface area contributed by atoms with Crippen molar-refractivity contribution < 1.29 is 44.3 Å². The molecule has 3 aliphatic rings. The number of hydrogen-bond donors (Lipinski definition) is 1. The van der Waals surface area contributed by atoms with E-state index < -0.39 is 34.6 Å². The molecule has 1 aromatic carbocycles. The minimum atomic E-state index is -5.75. The molecule has 232 valence electrons. The van der Waals surface area contributed by atoms with Crippen LogP contribution in [0.4, 0.5) is 36.8 Å². The average molecular weight is 615 g/mol. The molecule has 8 nitrogen and oxygen atoms in total. The van der Waals surface area contributed by atoms with Crippen LogP contribution in [0.15, 0.2) is 18.2 Å². The maximum atomic E-state index is 12.9. The number of alkyl halides is 6. The first-order valence-electron chi connectivity index (χ1n) is 13.6. The van der Waals surface area contributed by atoms with E-state index in [0.717, 1.165) is 47.4 Å². The molecule has 15 heteroatoms. The highest BCUT2D eigenvalue weighted by molar-refractivity contribution is 7.88. The van der Waals surface area contributed by atoms with Crippen molar-refractivity contribution >= 4 is 21.8 Å². The third-order valence-electron chi connectivity index (χ3n) is 8.32. The van der Waals surface area contributed by atoms with Crippen molar-refractivity contribution in [1.29, 1.82) is 0 Å². The lowest BCUT2D eigenvalue weighted by Gasteiger charge is -2.45. The summed E-state index contributed by atoms with van der Waals surface area (Å²) >= 11 is 0. The van der Waals surface area contributed by atoms with Crippen molar-refractivity contribution in [3.05, 3.63) is 29.3 Å². The number of benzene rings is 1. The minimum absolute atomic E-state index is 0.000623. The summed E-state index contributed by atoms with van der Waals surface area (Å²) in [5, 5.41) is 0. The number of aryl methyl sites for hydroxylation is 1. The number of carbonyl (C=O) groups is 1. The van der Waals surface area contributed by atoms with Gasteiger partial charge < -0.3 is 14.5 Å². The number of anilines is 1. The van der Waals surface area contributed by atoms with Gasteiger partial charge >= 0.3 is 18.4 Å². The van der Waals surface area contributed by atoms with E-state index in [1.807, 2.05) is 13.0 Å². The fourth-order valence-electron chi connectivity index (χ4n) is 6.26. The zero-order chi connectivity index (χ0) is 30.2. The van der Waals surface area contributed by atoms with Crippen LogP contribution >= 0.6 is 0 Å². The Morgan fingerprint density at radius 1 is 1.02 bits per heavy atom. The van der Waals surface area contributed by atoms with Gasteiger partial charge in [-0.1, -0.05) is 12.1 Å². The summed E-state index contributed by atoms with van der Waals surface area (Å²) in [4.78, 5) is 17.8. The fraction of sp³-hybridized carbons (Fsp3) is 0.731. The van der Waals surface area contributed by atoms with Crippen LogP contribution in [-0.2, 0) is 21.3 Å². The Kier molecular flexibility index (Phi) is 9.11.